The Balaban J connectivity index is 2.08. The number of esters is 1. The molecule has 0 aliphatic heterocycles. The van der Waals surface area contributed by atoms with E-state index in [1.54, 1.807) is 0 Å². The third kappa shape index (κ3) is 4.01. The first-order valence-corrected chi connectivity index (χ1v) is 8.32. The van der Waals surface area contributed by atoms with Gasteiger partial charge in [0.05, 0.1) is 6.33 Å². The van der Waals surface area contributed by atoms with Crippen molar-refractivity contribution in [1.82, 2.24) is 24.0 Å². The van der Waals surface area contributed by atoms with Crippen molar-refractivity contribution in [2.75, 3.05) is 6.61 Å². The number of nitrogens with zero attached hydrogens (tertiary/aromatic N) is 4. The van der Waals surface area contributed by atoms with E-state index >= 15 is 0 Å². The van der Waals surface area contributed by atoms with Crippen LogP contribution in [-0.4, -0.2) is 43.2 Å². The number of rotatable bonds is 7. The van der Waals surface area contributed by atoms with Gasteiger partial charge in [-0.25, -0.2) is 9.78 Å². The Kier molecular flexibility index (Phi) is 5.96. The lowest BCUT2D eigenvalue weighted by Gasteiger charge is -2.13. The van der Waals surface area contributed by atoms with Gasteiger partial charge in [0, 0.05) is 20.1 Å². The number of ether oxygens (including phenoxy) is 1. The van der Waals surface area contributed by atoms with E-state index in [4.69, 9.17) is 4.74 Å². The minimum Gasteiger partial charge on any atom is -0.454 e. The van der Waals surface area contributed by atoms with Gasteiger partial charge in [0.1, 0.15) is 6.54 Å². The summed E-state index contributed by atoms with van der Waals surface area (Å²) in [6.45, 7) is 3.21. The zero-order valence-electron chi connectivity index (χ0n) is 15.3. The SMILES string of the molecule is CCCC(C)NC(=O)COC(=O)Cn1cnc2c1c(=O)n(C)c(=O)n2C. The number of hydrogen-bond donors (Lipinski definition) is 1. The molecule has 0 aliphatic carbocycles. The quantitative estimate of drug-likeness (QED) is 0.647. The van der Waals surface area contributed by atoms with Crippen LogP contribution in [0.2, 0.25) is 0 Å². The number of hydrogen-bond acceptors (Lipinski definition) is 6. The average Bonchev–Trinajstić information content (AvgIpc) is 3.00. The van der Waals surface area contributed by atoms with Gasteiger partial charge in [-0.1, -0.05) is 13.3 Å². The Hall–Kier alpha value is -2.91. The number of imidazole rings is 1. The number of nitrogens with one attached hydrogen (secondary N) is 1. The zero-order chi connectivity index (χ0) is 19.4. The van der Waals surface area contributed by atoms with E-state index in [2.05, 4.69) is 10.3 Å². The third-order valence-electron chi connectivity index (χ3n) is 4.01. The van der Waals surface area contributed by atoms with Crippen molar-refractivity contribution >= 4 is 23.0 Å². The minimum atomic E-state index is -0.682. The summed E-state index contributed by atoms with van der Waals surface area (Å²) in [7, 11) is 2.84. The Morgan fingerprint density at radius 2 is 1.96 bits per heavy atom. The molecule has 1 atom stereocenters. The highest BCUT2D eigenvalue weighted by atomic mass is 16.5. The van der Waals surface area contributed by atoms with Gasteiger partial charge in [-0.2, -0.15) is 0 Å². The minimum absolute atomic E-state index is 0.00750. The van der Waals surface area contributed by atoms with Gasteiger partial charge in [0.15, 0.2) is 17.8 Å². The van der Waals surface area contributed by atoms with Crippen molar-refractivity contribution in [1.29, 1.82) is 0 Å². The van der Waals surface area contributed by atoms with Crippen molar-refractivity contribution in [2.24, 2.45) is 14.1 Å². The second kappa shape index (κ2) is 7.98. The topological polar surface area (TPSA) is 117 Å². The molecule has 0 aromatic carbocycles. The molecule has 2 aromatic heterocycles. The van der Waals surface area contributed by atoms with Crippen LogP contribution in [0.4, 0.5) is 0 Å². The fraction of sp³-hybridized carbons (Fsp3) is 0.562. The van der Waals surface area contributed by atoms with Crippen LogP contribution in [0.15, 0.2) is 15.9 Å². The molecule has 26 heavy (non-hydrogen) atoms. The maximum atomic E-state index is 12.3. The highest BCUT2D eigenvalue weighted by Crippen LogP contribution is 2.05. The molecular formula is C16H23N5O5. The fourth-order valence-corrected chi connectivity index (χ4v) is 2.67. The molecule has 2 aromatic rings. The van der Waals surface area contributed by atoms with E-state index in [1.165, 1.54) is 29.6 Å². The van der Waals surface area contributed by atoms with E-state index in [9.17, 15) is 19.2 Å². The number of carbonyl (C=O) groups excluding carboxylic acids is 2. The summed E-state index contributed by atoms with van der Waals surface area (Å²) in [4.78, 5) is 51.9. The van der Waals surface area contributed by atoms with Gasteiger partial charge in [-0.15, -0.1) is 0 Å². The number of aryl methyl sites for hydroxylation is 1. The van der Waals surface area contributed by atoms with Gasteiger partial charge in [-0.3, -0.25) is 23.5 Å². The average molecular weight is 365 g/mol. The van der Waals surface area contributed by atoms with Gasteiger partial charge in [0.25, 0.3) is 11.5 Å². The molecule has 0 fully saturated rings. The molecule has 1 N–H and O–H groups in total. The molecule has 10 nitrogen and oxygen atoms in total. The van der Waals surface area contributed by atoms with E-state index in [0.717, 1.165) is 17.4 Å². The van der Waals surface area contributed by atoms with Crippen LogP contribution in [-0.2, 0) is 35.0 Å². The molecule has 0 saturated carbocycles. The lowest BCUT2D eigenvalue weighted by atomic mass is 10.2. The predicted octanol–water partition coefficient (Wildman–Crippen LogP) is -0.718. The fourth-order valence-electron chi connectivity index (χ4n) is 2.67. The lowest BCUT2D eigenvalue weighted by Crippen LogP contribution is -2.38. The van der Waals surface area contributed by atoms with Crippen molar-refractivity contribution in [3.63, 3.8) is 0 Å². The highest BCUT2D eigenvalue weighted by Gasteiger charge is 2.17. The third-order valence-corrected chi connectivity index (χ3v) is 4.01. The molecule has 0 aliphatic rings. The molecule has 0 spiro atoms. The van der Waals surface area contributed by atoms with E-state index in [-0.39, 0.29) is 29.7 Å². The number of carbonyl (C=O) groups is 2. The number of fused-ring (bicyclic) bond motifs is 1. The van der Waals surface area contributed by atoms with Gasteiger partial charge in [-0.05, 0) is 13.3 Å². The Morgan fingerprint density at radius 1 is 1.27 bits per heavy atom. The van der Waals surface area contributed by atoms with Gasteiger partial charge >= 0.3 is 11.7 Å². The van der Waals surface area contributed by atoms with Crippen LogP contribution in [0.1, 0.15) is 26.7 Å². The monoisotopic (exact) mass is 365 g/mol. The normalized spacial score (nSPS) is 12.2. The van der Waals surface area contributed by atoms with Crippen LogP contribution < -0.4 is 16.6 Å². The molecule has 2 rings (SSSR count). The first kappa shape index (κ1) is 19.4. The largest absolute Gasteiger partial charge is 0.454 e. The van der Waals surface area contributed by atoms with Gasteiger partial charge < -0.3 is 14.6 Å². The summed E-state index contributed by atoms with van der Waals surface area (Å²) in [5.74, 6) is -1.06. The molecule has 0 saturated heterocycles. The standard InChI is InChI=1S/C16H23N5O5/c1-5-6-10(2)18-11(22)8-26-12(23)7-21-9-17-14-13(21)15(24)20(4)16(25)19(14)3/h9-10H,5-8H2,1-4H3,(H,18,22). The molecule has 1 amide bonds. The second-order valence-corrected chi connectivity index (χ2v) is 6.17. The molecule has 142 valence electrons. The van der Waals surface area contributed by atoms with Crippen molar-refractivity contribution in [3.8, 4) is 0 Å². The van der Waals surface area contributed by atoms with Gasteiger partial charge in [0.2, 0.25) is 0 Å². The number of aromatic nitrogens is 4. The summed E-state index contributed by atoms with van der Waals surface area (Å²) in [5, 5.41) is 2.73. The first-order valence-electron chi connectivity index (χ1n) is 8.32. The smallest absolute Gasteiger partial charge is 0.332 e. The molecule has 10 heteroatoms. The summed E-state index contributed by atoms with van der Waals surface area (Å²) in [6, 6.07) is 0.00750. The Bertz CT molecular complexity index is 939. The molecular weight excluding hydrogens is 342 g/mol. The van der Waals surface area contributed by atoms with Crippen molar-refractivity contribution in [3.05, 3.63) is 27.2 Å². The second-order valence-electron chi connectivity index (χ2n) is 6.17. The maximum absolute atomic E-state index is 12.3. The Morgan fingerprint density at radius 3 is 2.62 bits per heavy atom. The summed E-state index contributed by atoms with van der Waals surface area (Å²) >= 11 is 0. The Labute approximate surface area is 149 Å². The summed E-state index contributed by atoms with van der Waals surface area (Å²) in [5.41, 5.74) is -0.766. The molecule has 1 unspecified atom stereocenters. The maximum Gasteiger partial charge on any atom is 0.332 e. The molecule has 2 heterocycles. The van der Waals surface area contributed by atoms with E-state index in [1.807, 2.05) is 13.8 Å². The number of amides is 1. The summed E-state index contributed by atoms with van der Waals surface area (Å²) in [6.07, 6.45) is 3.06. The predicted molar refractivity (Wildman–Crippen MR) is 93.7 cm³/mol. The van der Waals surface area contributed by atoms with Crippen molar-refractivity contribution in [2.45, 2.75) is 39.3 Å². The van der Waals surface area contributed by atoms with Crippen LogP contribution in [0.25, 0.3) is 11.2 Å². The lowest BCUT2D eigenvalue weighted by molar-refractivity contribution is -0.149. The molecule has 0 radical (unpaired) electrons. The summed E-state index contributed by atoms with van der Waals surface area (Å²) < 4.78 is 8.42. The van der Waals surface area contributed by atoms with E-state index < -0.39 is 23.8 Å². The molecule has 0 bridgehead atoms. The highest BCUT2D eigenvalue weighted by molar-refractivity contribution is 5.81. The van der Waals surface area contributed by atoms with E-state index in [0.29, 0.717) is 0 Å². The van der Waals surface area contributed by atoms with Crippen LogP contribution in [0.3, 0.4) is 0 Å². The van der Waals surface area contributed by atoms with Crippen LogP contribution in [0, 0.1) is 0 Å². The van der Waals surface area contributed by atoms with Crippen LogP contribution >= 0.6 is 0 Å². The zero-order valence-corrected chi connectivity index (χ0v) is 15.3. The first-order chi connectivity index (χ1) is 12.3. The van der Waals surface area contributed by atoms with Crippen molar-refractivity contribution < 1.29 is 14.3 Å². The van der Waals surface area contributed by atoms with Crippen LogP contribution in [0.5, 0.6) is 0 Å².